The van der Waals surface area contributed by atoms with Gasteiger partial charge in [0.2, 0.25) is 0 Å². The largest absolute Gasteiger partial charge is 0.487 e. The molecule has 30 heavy (non-hydrogen) atoms. The summed E-state index contributed by atoms with van der Waals surface area (Å²) in [5.41, 5.74) is 1.93. The molecule has 0 saturated heterocycles. The number of nitrogens with zero attached hydrogens (tertiary/aromatic N) is 2. The van der Waals surface area contributed by atoms with E-state index in [1.807, 2.05) is 0 Å². The molecule has 0 aliphatic heterocycles. The van der Waals surface area contributed by atoms with Crippen molar-refractivity contribution in [1.82, 2.24) is 0 Å². The fourth-order valence-corrected chi connectivity index (χ4v) is 3.10. The van der Waals surface area contributed by atoms with E-state index in [9.17, 15) is 14.9 Å². The molecule has 3 aromatic rings. The number of carboxylic acids is 1. The Labute approximate surface area is 181 Å². The Hall–Kier alpha value is -3.42. The monoisotopic (exact) mass is 444 g/mol. The highest BCUT2D eigenvalue weighted by Gasteiger charge is 2.11. The molecule has 0 aliphatic carbocycles. The van der Waals surface area contributed by atoms with Crippen LogP contribution < -0.4 is 4.74 Å². The minimum absolute atomic E-state index is 0.0299. The van der Waals surface area contributed by atoms with E-state index in [0.29, 0.717) is 22.0 Å². The van der Waals surface area contributed by atoms with Crippen LogP contribution in [0.3, 0.4) is 0 Å². The Morgan fingerprint density at radius 3 is 2.37 bits per heavy atom. The number of hydrogen-bond donors (Lipinski definition) is 1. The maximum absolute atomic E-state index is 10.9. The smallest absolute Gasteiger partial charge is 0.335 e. The Morgan fingerprint density at radius 2 is 1.77 bits per heavy atom. The van der Waals surface area contributed by atoms with Crippen LogP contribution in [0.5, 0.6) is 5.75 Å². The van der Waals surface area contributed by atoms with Crippen molar-refractivity contribution in [1.29, 1.82) is 0 Å². The van der Waals surface area contributed by atoms with Crippen molar-refractivity contribution >= 4 is 46.8 Å². The van der Waals surface area contributed by atoms with Gasteiger partial charge in [-0.15, -0.1) is 0 Å². The van der Waals surface area contributed by atoms with Crippen molar-refractivity contribution in [2.24, 2.45) is 4.99 Å². The molecule has 0 aliphatic rings. The fourth-order valence-electron chi connectivity index (χ4n) is 2.53. The second kappa shape index (κ2) is 9.39. The molecule has 0 radical (unpaired) electrons. The van der Waals surface area contributed by atoms with Crippen LogP contribution in [-0.2, 0) is 6.61 Å². The molecule has 0 bridgehead atoms. The number of carboxylic acid groups (broad SMARTS) is 1. The van der Waals surface area contributed by atoms with Gasteiger partial charge in [-0.3, -0.25) is 15.1 Å². The average molecular weight is 445 g/mol. The van der Waals surface area contributed by atoms with Crippen molar-refractivity contribution in [2.75, 3.05) is 0 Å². The lowest BCUT2D eigenvalue weighted by Gasteiger charge is -2.12. The minimum atomic E-state index is -1.01. The normalized spacial score (nSPS) is 10.9. The molecule has 0 fully saturated rings. The molecule has 0 saturated carbocycles. The maximum atomic E-state index is 10.9. The van der Waals surface area contributed by atoms with E-state index in [0.717, 1.165) is 5.56 Å². The van der Waals surface area contributed by atoms with Gasteiger partial charge < -0.3 is 9.84 Å². The minimum Gasteiger partial charge on any atom is -0.487 e. The highest BCUT2D eigenvalue weighted by atomic mass is 35.5. The predicted octanol–water partition coefficient (Wildman–Crippen LogP) is 5.93. The fraction of sp³-hybridized carbons (Fsp3) is 0.0476. The molecule has 0 spiro atoms. The highest BCUT2D eigenvalue weighted by molar-refractivity contribution is 6.36. The molecule has 0 heterocycles. The SMILES string of the molecule is O=C(O)c1ccc(COc2c(Cl)cc(Cl)cc2C=Nc2ccc([N+](=O)[O-])cc2)cc1. The summed E-state index contributed by atoms with van der Waals surface area (Å²) in [7, 11) is 0. The van der Waals surface area contributed by atoms with E-state index in [2.05, 4.69) is 4.99 Å². The molecule has 1 N–H and O–H groups in total. The summed E-state index contributed by atoms with van der Waals surface area (Å²) in [6.07, 6.45) is 1.50. The second-order valence-corrected chi connectivity index (χ2v) is 6.97. The first-order valence-corrected chi connectivity index (χ1v) is 9.31. The molecule has 9 heteroatoms. The molecule has 152 valence electrons. The van der Waals surface area contributed by atoms with Crippen LogP contribution in [0.1, 0.15) is 21.5 Å². The number of rotatable bonds is 7. The topological polar surface area (TPSA) is 102 Å². The maximum Gasteiger partial charge on any atom is 0.335 e. The van der Waals surface area contributed by atoms with Crippen molar-refractivity contribution in [2.45, 2.75) is 6.61 Å². The molecule has 3 aromatic carbocycles. The molecule has 7 nitrogen and oxygen atoms in total. The molecule has 0 amide bonds. The number of benzene rings is 3. The van der Waals surface area contributed by atoms with Gasteiger partial charge in [0.05, 0.1) is 21.2 Å². The highest BCUT2D eigenvalue weighted by Crippen LogP contribution is 2.32. The van der Waals surface area contributed by atoms with Gasteiger partial charge in [0, 0.05) is 28.9 Å². The lowest BCUT2D eigenvalue weighted by molar-refractivity contribution is -0.384. The number of ether oxygens (including phenoxy) is 1. The lowest BCUT2D eigenvalue weighted by atomic mass is 10.1. The third kappa shape index (κ3) is 5.34. The van der Waals surface area contributed by atoms with Gasteiger partial charge in [-0.05, 0) is 42.0 Å². The van der Waals surface area contributed by atoms with E-state index >= 15 is 0 Å². The summed E-state index contributed by atoms with van der Waals surface area (Å²) in [6, 6.07) is 15.2. The van der Waals surface area contributed by atoms with Gasteiger partial charge in [0.15, 0.2) is 0 Å². The Balaban J connectivity index is 1.81. The first-order chi connectivity index (χ1) is 14.3. The van der Waals surface area contributed by atoms with Gasteiger partial charge in [-0.1, -0.05) is 35.3 Å². The third-order valence-electron chi connectivity index (χ3n) is 4.03. The van der Waals surface area contributed by atoms with Crippen LogP contribution in [0, 0.1) is 10.1 Å². The number of carbonyl (C=O) groups is 1. The van der Waals surface area contributed by atoms with Crippen molar-refractivity contribution in [3.05, 3.63) is 97.5 Å². The van der Waals surface area contributed by atoms with Crippen molar-refractivity contribution in [3.63, 3.8) is 0 Å². The number of nitro groups is 1. The standard InChI is InChI=1S/C21H14Cl2N2O5/c22-16-9-15(11-24-17-5-7-18(8-6-17)25(28)29)20(19(23)10-16)30-12-13-1-3-14(4-2-13)21(26)27/h1-11H,12H2,(H,26,27). The van der Waals surface area contributed by atoms with Crippen LogP contribution in [0.25, 0.3) is 0 Å². The van der Waals surface area contributed by atoms with E-state index in [4.69, 9.17) is 33.0 Å². The summed E-state index contributed by atoms with van der Waals surface area (Å²) in [4.78, 5) is 25.5. The Bertz CT molecular complexity index is 1110. The van der Waals surface area contributed by atoms with Gasteiger partial charge >= 0.3 is 5.97 Å². The molecule has 3 rings (SSSR count). The van der Waals surface area contributed by atoms with E-state index in [1.165, 1.54) is 48.7 Å². The summed E-state index contributed by atoms with van der Waals surface area (Å²) in [5.74, 6) is -0.651. The summed E-state index contributed by atoms with van der Waals surface area (Å²) in [6.45, 7) is 0.152. The van der Waals surface area contributed by atoms with Crippen LogP contribution in [0.15, 0.2) is 65.7 Å². The zero-order valence-electron chi connectivity index (χ0n) is 15.3. The predicted molar refractivity (Wildman–Crippen MR) is 115 cm³/mol. The molecule has 0 aromatic heterocycles. The second-order valence-electron chi connectivity index (χ2n) is 6.13. The van der Waals surface area contributed by atoms with E-state index in [1.54, 1.807) is 18.2 Å². The van der Waals surface area contributed by atoms with Gasteiger partial charge in [-0.2, -0.15) is 0 Å². The molecular formula is C21H14Cl2N2O5. The number of non-ortho nitro benzene ring substituents is 1. The summed E-state index contributed by atoms with van der Waals surface area (Å²) in [5, 5.41) is 20.4. The van der Waals surface area contributed by atoms with Crippen LogP contribution in [0.4, 0.5) is 11.4 Å². The van der Waals surface area contributed by atoms with Crippen molar-refractivity contribution in [3.8, 4) is 5.75 Å². The van der Waals surface area contributed by atoms with E-state index in [-0.39, 0.29) is 22.9 Å². The molecular weight excluding hydrogens is 431 g/mol. The van der Waals surface area contributed by atoms with Crippen LogP contribution >= 0.6 is 23.2 Å². The van der Waals surface area contributed by atoms with Gasteiger partial charge in [-0.25, -0.2) is 4.79 Å². The molecule has 0 unspecified atom stereocenters. The third-order valence-corrected chi connectivity index (χ3v) is 4.53. The molecule has 0 atom stereocenters. The van der Waals surface area contributed by atoms with Crippen LogP contribution in [-0.4, -0.2) is 22.2 Å². The van der Waals surface area contributed by atoms with Gasteiger partial charge in [0.25, 0.3) is 5.69 Å². The number of halogens is 2. The first kappa shape index (κ1) is 21.3. The van der Waals surface area contributed by atoms with Crippen LogP contribution in [0.2, 0.25) is 10.0 Å². The Morgan fingerprint density at radius 1 is 1.10 bits per heavy atom. The Kier molecular flexibility index (Phi) is 6.66. The van der Waals surface area contributed by atoms with E-state index < -0.39 is 10.9 Å². The zero-order valence-corrected chi connectivity index (χ0v) is 16.8. The lowest BCUT2D eigenvalue weighted by Crippen LogP contribution is -2.01. The summed E-state index contributed by atoms with van der Waals surface area (Å²) >= 11 is 12.4. The summed E-state index contributed by atoms with van der Waals surface area (Å²) < 4.78 is 5.83. The number of aliphatic imine (C=N–C) groups is 1. The number of hydrogen-bond acceptors (Lipinski definition) is 5. The van der Waals surface area contributed by atoms with Gasteiger partial charge in [0.1, 0.15) is 12.4 Å². The first-order valence-electron chi connectivity index (χ1n) is 8.56. The van der Waals surface area contributed by atoms with Crippen molar-refractivity contribution < 1.29 is 19.6 Å². The average Bonchev–Trinajstić information content (AvgIpc) is 2.72. The quantitative estimate of drug-likeness (QED) is 0.276. The number of nitro benzene ring substituents is 1. The zero-order chi connectivity index (χ0) is 21.7. The number of aromatic carboxylic acids is 1.